The predicted molar refractivity (Wildman–Crippen MR) is 198 cm³/mol. The fourth-order valence-electron chi connectivity index (χ4n) is 5.29. The number of rotatable bonds is 17. The number of nitrogens with one attached hydrogen (secondary N) is 1. The number of sulfonamides is 1. The second-order valence-electron chi connectivity index (χ2n) is 11.6. The topological polar surface area (TPSA) is 114 Å². The largest absolute Gasteiger partial charge is 0.494 e. The molecule has 0 aliphatic heterocycles. The van der Waals surface area contributed by atoms with E-state index in [1.807, 2.05) is 75.4 Å². The summed E-state index contributed by atoms with van der Waals surface area (Å²) in [7, 11) is -1.49. The van der Waals surface area contributed by atoms with Crippen molar-refractivity contribution in [2.45, 2.75) is 57.1 Å². The van der Waals surface area contributed by atoms with Gasteiger partial charge in [-0.15, -0.1) is 0 Å². The predicted octanol–water partition coefficient (Wildman–Crippen LogP) is 6.62. The maximum atomic E-state index is 14.7. The molecule has 2 atom stereocenters. The zero-order chi connectivity index (χ0) is 36.3. The van der Waals surface area contributed by atoms with Crippen LogP contribution >= 0.6 is 15.9 Å². The second-order valence-corrected chi connectivity index (χ2v) is 14.4. The van der Waals surface area contributed by atoms with Gasteiger partial charge < -0.3 is 24.4 Å². The molecule has 4 aromatic rings. The average Bonchev–Trinajstić information content (AvgIpc) is 3.13. The van der Waals surface area contributed by atoms with E-state index in [4.69, 9.17) is 14.2 Å². The molecular weight excluding hydrogens is 722 g/mol. The Balaban J connectivity index is 1.83. The van der Waals surface area contributed by atoms with Crippen LogP contribution in [0.15, 0.2) is 106 Å². The summed E-state index contributed by atoms with van der Waals surface area (Å²) >= 11 is 3.46. The first-order valence-electron chi connectivity index (χ1n) is 16.4. The van der Waals surface area contributed by atoms with Gasteiger partial charge in [-0.25, -0.2) is 8.42 Å². The van der Waals surface area contributed by atoms with E-state index in [1.165, 1.54) is 37.3 Å². The summed E-state index contributed by atoms with van der Waals surface area (Å²) in [6.07, 6.45) is 0.913. The third kappa shape index (κ3) is 9.79. The minimum Gasteiger partial charge on any atom is -0.494 e. The molecule has 0 aliphatic carbocycles. The van der Waals surface area contributed by atoms with Crippen molar-refractivity contribution in [3.05, 3.63) is 113 Å². The van der Waals surface area contributed by atoms with Gasteiger partial charge in [-0.2, -0.15) is 0 Å². The first-order chi connectivity index (χ1) is 24.0. The van der Waals surface area contributed by atoms with Gasteiger partial charge in [0.15, 0.2) is 11.5 Å². The van der Waals surface area contributed by atoms with E-state index in [1.54, 1.807) is 24.3 Å². The monoisotopic (exact) mass is 765 g/mol. The summed E-state index contributed by atoms with van der Waals surface area (Å²) in [6.45, 7) is 5.62. The van der Waals surface area contributed by atoms with E-state index in [-0.39, 0.29) is 41.2 Å². The molecule has 266 valence electrons. The van der Waals surface area contributed by atoms with Gasteiger partial charge in [-0.05, 0) is 79.9 Å². The van der Waals surface area contributed by atoms with Crippen LogP contribution in [-0.2, 0) is 32.6 Å². The van der Waals surface area contributed by atoms with Gasteiger partial charge in [0.25, 0.3) is 10.0 Å². The van der Waals surface area contributed by atoms with Crippen LogP contribution in [0.25, 0.3) is 0 Å². The summed E-state index contributed by atoms with van der Waals surface area (Å²) in [6, 6.07) is 26.5. The molecule has 0 saturated heterocycles. The van der Waals surface area contributed by atoms with Gasteiger partial charge in [0, 0.05) is 29.5 Å². The maximum absolute atomic E-state index is 14.7. The van der Waals surface area contributed by atoms with Crippen molar-refractivity contribution in [1.82, 2.24) is 10.2 Å². The lowest BCUT2D eigenvalue weighted by Gasteiger charge is -2.34. The molecular formula is C38H44BrN3O7S. The van der Waals surface area contributed by atoms with Crippen molar-refractivity contribution in [3.63, 3.8) is 0 Å². The summed E-state index contributed by atoms with van der Waals surface area (Å²) in [4.78, 5) is 30.1. The zero-order valence-corrected chi connectivity index (χ0v) is 31.4. The number of anilines is 1. The van der Waals surface area contributed by atoms with E-state index >= 15 is 0 Å². The van der Waals surface area contributed by atoms with Gasteiger partial charge in [0.05, 0.1) is 31.4 Å². The number of amides is 2. The second kappa shape index (κ2) is 17.9. The van der Waals surface area contributed by atoms with E-state index < -0.39 is 28.5 Å². The van der Waals surface area contributed by atoms with Crippen molar-refractivity contribution < 1.29 is 32.2 Å². The summed E-state index contributed by atoms with van der Waals surface area (Å²) in [5, 5.41) is 3.05. The Morgan fingerprint density at radius 2 is 1.50 bits per heavy atom. The third-order valence-corrected chi connectivity index (χ3v) is 10.5. The third-order valence-electron chi connectivity index (χ3n) is 8.20. The lowest BCUT2D eigenvalue weighted by Crippen LogP contribution is -2.54. The number of benzene rings is 4. The molecule has 4 rings (SSSR count). The zero-order valence-electron chi connectivity index (χ0n) is 29.0. The first kappa shape index (κ1) is 38.3. The molecule has 0 saturated carbocycles. The van der Waals surface area contributed by atoms with E-state index in [2.05, 4.69) is 21.2 Å². The fourth-order valence-corrected chi connectivity index (χ4v) is 6.98. The fraction of sp³-hybridized carbons (Fsp3) is 0.316. The molecule has 0 unspecified atom stereocenters. The lowest BCUT2D eigenvalue weighted by molar-refractivity contribution is -0.140. The molecule has 0 fully saturated rings. The molecule has 1 N–H and O–H groups in total. The molecule has 0 spiro atoms. The number of methoxy groups -OCH3 is 2. The quantitative estimate of drug-likeness (QED) is 0.129. The van der Waals surface area contributed by atoms with Crippen LogP contribution in [-0.4, -0.2) is 64.6 Å². The molecule has 4 aromatic carbocycles. The standard InChI is InChI=1S/C38H44BrN3O7S/c1-6-27(3)40-38(44)34(23-28-11-9-8-10-12-28)41(25-29-13-15-30(39)16-14-29)37(43)26-42(31-17-19-32(20-18-31)49-7-2)50(45,46)33-21-22-35(47-4)36(24-33)48-5/h8-22,24,27,34H,6-7,23,25-26H2,1-5H3,(H,40,44)/t27-,34-/m1/s1. The molecule has 50 heavy (non-hydrogen) atoms. The highest BCUT2D eigenvalue weighted by Gasteiger charge is 2.35. The van der Waals surface area contributed by atoms with Crippen LogP contribution in [0.5, 0.6) is 17.2 Å². The van der Waals surface area contributed by atoms with Crippen LogP contribution in [0.1, 0.15) is 38.3 Å². The Hall–Kier alpha value is -4.55. The smallest absolute Gasteiger partial charge is 0.264 e. The van der Waals surface area contributed by atoms with Gasteiger partial charge in [0.2, 0.25) is 11.8 Å². The van der Waals surface area contributed by atoms with E-state index in [9.17, 15) is 18.0 Å². The molecule has 0 aromatic heterocycles. The Kier molecular flexibility index (Phi) is 13.7. The number of carbonyl (C=O) groups is 2. The highest BCUT2D eigenvalue weighted by Crippen LogP contribution is 2.33. The highest BCUT2D eigenvalue weighted by atomic mass is 79.9. The number of hydrogen-bond acceptors (Lipinski definition) is 7. The van der Waals surface area contributed by atoms with Gasteiger partial charge >= 0.3 is 0 Å². The SMILES string of the molecule is CCOc1ccc(N(CC(=O)N(Cc2ccc(Br)cc2)[C@H](Cc2ccccc2)C(=O)N[C@H](C)CC)S(=O)(=O)c2ccc(OC)c(OC)c2)cc1. The summed E-state index contributed by atoms with van der Waals surface area (Å²) in [5.41, 5.74) is 1.86. The minimum absolute atomic E-state index is 0.0606. The molecule has 2 amide bonds. The number of nitrogens with zero attached hydrogens (tertiary/aromatic N) is 2. The normalized spacial score (nSPS) is 12.4. The van der Waals surface area contributed by atoms with E-state index in [0.29, 0.717) is 24.5 Å². The number of hydrogen-bond donors (Lipinski definition) is 1. The average molecular weight is 767 g/mol. The van der Waals surface area contributed by atoms with Crippen molar-refractivity contribution in [1.29, 1.82) is 0 Å². The van der Waals surface area contributed by atoms with Crippen LogP contribution < -0.4 is 23.8 Å². The molecule has 10 nitrogen and oxygen atoms in total. The van der Waals surface area contributed by atoms with Gasteiger partial charge in [-0.1, -0.05) is 65.3 Å². The van der Waals surface area contributed by atoms with Gasteiger partial charge in [0.1, 0.15) is 18.3 Å². The Morgan fingerprint density at radius 3 is 2.10 bits per heavy atom. The minimum atomic E-state index is -4.37. The van der Waals surface area contributed by atoms with Crippen molar-refractivity contribution >= 4 is 43.5 Å². The van der Waals surface area contributed by atoms with Crippen molar-refractivity contribution in [3.8, 4) is 17.2 Å². The van der Waals surface area contributed by atoms with Crippen molar-refractivity contribution in [2.75, 3.05) is 31.7 Å². The highest BCUT2D eigenvalue weighted by molar-refractivity contribution is 9.10. The van der Waals surface area contributed by atoms with Gasteiger partial charge in [-0.3, -0.25) is 13.9 Å². The summed E-state index contributed by atoms with van der Waals surface area (Å²) in [5.74, 6) is 0.225. The number of ether oxygens (including phenoxy) is 3. The number of carbonyl (C=O) groups excluding carboxylic acids is 2. The maximum Gasteiger partial charge on any atom is 0.264 e. The number of halogens is 1. The van der Waals surface area contributed by atoms with E-state index in [0.717, 1.165) is 19.9 Å². The van der Waals surface area contributed by atoms with Crippen LogP contribution in [0.3, 0.4) is 0 Å². The Morgan fingerprint density at radius 1 is 0.840 bits per heavy atom. The molecule has 0 aliphatic rings. The Bertz CT molecular complexity index is 1820. The Labute approximate surface area is 303 Å². The molecule has 12 heteroatoms. The first-order valence-corrected chi connectivity index (χ1v) is 18.6. The van der Waals surface area contributed by atoms with Crippen LogP contribution in [0.2, 0.25) is 0 Å². The van der Waals surface area contributed by atoms with Crippen LogP contribution in [0, 0.1) is 0 Å². The molecule has 0 heterocycles. The van der Waals surface area contributed by atoms with Crippen LogP contribution in [0.4, 0.5) is 5.69 Å². The van der Waals surface area contributed by atoms with Crippen molar-refractivity contribution in [2.24, 2.45) is 0 Å². The molecule has 0 radical (unpaired) electrons. The summed E-state index contributed by atoms with van der Waals surface area (Å²) < 4.78 is 47.2. The lowest BCUT2D eigenvalue weighted by atomic mass is 10.0. The molecule has 0 bridgehead atoms.